The van der Waals surface area contributed by atoms with Crippen molar-refractivity contribution in [3.8, 4) is 0 Å². The van der Waals surface area contributed by atoms with Crippen LogP contribution in [0.4, 0.5) is 11.4 Å². The number of guanidine groups is 1. The van der Waals surface area contributed by atoms with Crippen molar-refractivity contribution in [3.63, 3.8) is 0 Å². The predicted octanol–water partition coefficient (Wildman–Crippen LogP) is 3.01. The first kappa shape index (κ1) is 21.9. The molecule has 0 bridgehead atoms. The normalized spacial score (nSPS) is 20.5. The van der Waals surface area contributed by atoms with Gasteiger partial charge in [-0.15, -0.1) is 0 Å². The van der Waals surface area contributed by atoms with Crippen molar-refractivity contribution in [3.05, 3.63) is 34.4 Å². The van der Waals surface area contributed by atoms with Crippen LogP contribution in [-0.4, -0.2) is 50.3 Å². The Labute approximate surface area is 167 Å². The minimum absolute atomic E-state index is 0.0792. The van der Waals surface area contributed by atoms with Crippen molar-refractivity contribution in [2.75, 3.05) is 38.6 Å². The molecule has 156 valence electrons. The van der Waals surface area contributed by atoms with Gasteiger partial charge in [-0.1, -0.05) is 32.9 Å². The molecular formula is C20H33N5O3. The van der Waals surface area contributed by atoms with Crippen LogP contribution in [0, 0.1) is 21.4 Å². The van der Waals surface area contributed by atoms with Crippen LogP contribution in [0.5, 0.6) is 0 Å². The molecule has 1 saturated heterocycles. The van der Waals surface area contributed by atoms with Crippen molar-refractivity contribution < 1.29 is 9.66 Å². The Morgan fingerprint density at radius 1 is 1.29 bits per heavy atom. The summed E-state index contributed by atoms with van der Waals surface area (Å²) in [6.07, 6.45) is 2.46. The highest BCUT2D eigenvalue weighted by atomic mass is 16.6. The molecule has 1 aliphatic rings. The molecular weight excluding hydrogens is 358 g/mol. The predicted molar refractivity (Wildman–Crippen MR) is 113 cm³/mol. The van der Waals surface area contributed by atoms with E-state index in [1.54, 1.807) is 25.2 Å². The maximum Gasteiger partial charge on any atom is 0.292 e. The lowest BCUT2D eigenvalue weighted by Gasteiger charge is -2.40. The zero-order valence-electron chi connectivity index (χ0n) is 17.3. The molecule has 28 heavy (non-hydrogen) atoms. The summed E-state index contributed by atoms with van der Waals surface area (Å²) < 4.78 is 6.03. The lowest BCUT2D eigenvalue weighted by Crippen LogP contribution is -2.48. The molecule has 2 unspecified atom stereocenters. The summed E-state index contributed by atoms with van der Waals surface area (Å²) >= 11 is 0. The van der Waals surface area contributed by atoms with Crippen LogP contribution in [-0.2, 0) is 4.74 Å². The van der Waals surface area contributed by atoms with Crippen LogP contribution in [0.3, 0.4) is 0 Å². The molecule has 0 amide bonds. The van der Waals surface area contributed by atoms with E-state index in [9.17, 15) is 10.1 Å². The van der Waals surface area contributed by atoms with Gasteiger partial charge in [0, 0.05) is 45.3 Å². The molecule has 0 aliphatic carbocycles. The lowest BCUT2D eigenvalue weighted by atomic mass is 9.78. The average Bonchev–Trinajstić information content (AvgIpc) is 2.67. The minimum atomic E-state index is -0.381. The first-order chi connectivity index (χ1) is 13.3. The van der Waals surface area contributed by atoms with Crippen molar-refractivity contribution in [2.24, 2.45) is 16.3 Å². The maximum atomic E-state index is 11.1. The molecule has 0 radical (unpaired) electrons. The molecule has 1 fully saturated rings. The highest BCUT2D eigenvalue weighted by Crippen LogP contribution is 2.33. The largest absolute Gasteiger partial charge is 0.378 e. The second-order valence-corrected chi connectivity index (χ2v) is 8.14. The van der Waals surface area contributed by atoms with Gasteiger partial charge in [-0.05, 0) is 24.3 Å². The molecule has 1 aromatic carbocycles. The Morgan fingerprint density at radius 3 is 2.71 bits per heavy atom. The fourth-order valence-electron chi connectivity index (χ4n) is 3.62. The summed E-state index contributed by atoms with van der Waals surface area (Å²) in [5, 5.41) is 20.8. The molecule has 0 aromatic heterocycles. The molecule has 8 nitrogen and oxygen atoms in total. The fourth-order valence-corrected chi connectivity index (χ4v) is 3.62. The molecule has 1 heterocycles. The summed E-state index contributed by atoms with van der Waals surface area (Å²) in [5.74, 6) is 1.17. The van der Waals surface area contributed by atoms with E-state index in [4.69, 9.17) is 4.74 Å². The van der Waals surface area contributed by atoms with Gasteiger partial charge in [0.25, 0.3) is 5.69 Å². The molecule has 0 saturated carbocycles. The molecule has 1 aliphatic heterocycles. The number of ether oxygens (including phenoxy) is 1. The Balaban J connectivity index is 1.78. The number of aliphatic imine (C=N–C) groups is 1. The van der Waals surface area contributed by atoms with Crippen LogP contribution in [0.2, 0.25) is 0 Å². The van der Waals surface area contributed by atoms with Gasteiger partial charge in [-0.2, -0.15) is 0 Å². The molecule has 2 rings (SSSR count). The SMILES string of the molecule is CN=C(NCCNc1ccccc1[N+](=O)[O-])NCC1CCCOC1C(C)(C)C. The highest BCUT2D eigenvalue weighted by Gasteiger charge is 2.35. The zero-order chi connectivity index (χ0) is 20.6. The highest BCUT2D eigenvalue weighted by molar-refractivity contribution is 5.79. The first-order valence-electron chi connectivity index (χ1n) is 9.86. The molecule has 8 heteroatoms. The first-order valence-corrected chi connectivity index (χ1v) is 9.86. The van der Waals surface area contributed by atoms with E-state index in [0.29, 0.717) is 24.7 Å². The van der Waals surface area contributed by atoms with Crippen LogP contribution >= 0.6 is 0 Å². The minimum Gasteiger partial charge on any atom is -0.378 e. The average molecular weight is 392 g/mol. The van der Waals surface area contributed by atoms with Crippen LogP contribution < -0.4 is 16.0 Å². The Hall–Kier alpha value is -2.35. The van der Waals surface area contributed by atoms with Gasteiger partial charge >= 0.3 is 0 Å². The van der Waals surface area contributed by atoms with Gasteiger partial charge in [0.05, 0.1) is 11.0 Å². The van der Waals surface area contributed by atoms with Gasteiger partial charge in [0.2, 0.25) is 0 Å². The number of rotatable bonds is 7. The lowest BCUT2D eigenvalue weighted by molar-refractivity contribution is -0.384. The Kier molecular flexibility index (Phi) is 8.04. The van der Waals surface area contributed by atoms with Crippen LogP contribution in [0.1, 0.15) is 33.6 Å². The second kappa shape index (κ2) is 10.3. The fraction of sp³-hybridized carbons (Fsp3) is 0.650. The van der Waals surface area contributed by atoms with Gasteiger partial charge in [-0.3, -0.25) is 15.1 Å². The second-order valence-electron chi connectivity index (χ2n) is 8.14. The Morgan fingerprint density at radius 2 is 2.04 bits per heavy atom. The van der Waals surface area contributed by atoms with Crippen molar-refractivity contribution in [1.29, 1.82) is 0 Å². The number of hydrogen-bond acceptors (Lipinski definition) is 5. The van der Waals surface area contributed by atoms with E-state index < -0.39 is 0 Å². The van der Waals surface area contributed by atoms with Gasteiger partial charge in [-0.25, -0.2) is 0 Å². The van der Waals surface area contributed by atoms with E-state index in [0.717, 1.165) is 32.0 Å². The van der Waals surface area contributed by atoms with Gasteiger partial charge < -0.3 is 20.7 Å². The number of nitro groups is 1. The van der Waals surface area contributed by atoms with Crippen LogP contribution in [0.15, 0.2) is 29.3 Å². The summed E-state index contributed by atoms with van der Waals surface area (Å²) in [4.78, 5) is 14.9. The smallest absolute Gasteiger partial charge is 0.292 e. The third-order valence-corrected chi connectivity index (χ3v) is 4.89. The summed E-state index contributed by atoms with van der Waals surface area (Å²) in [7, 11) is 1.74. The number of nitrogens with one attached hydrogen (secondary N) is 3. The van der Waals surface area contributed by atoms with Crippen molar-refractivity contribution in [2.45, 2.75) is 39.7 Å². The van der Waals surface area contributed by atoms with E-state index >= 15 is 0 Å². The molecule has 1 aromatic rings. The number of nitrogens with zero attached hydrogens (tertiary/aromatic N) is 2. The quantitative estimate of drug-likeness (QED) is 0.217. The standard InChI is InChI=1S/C20H33N5O3/c1-20(2,3)18-15(8-7-13-28-18)14-24-19(21-4)23-12-11-22-16-9-5-6-10-17(16)25(26)27/h5-6,9-10,15,18,22H,7-8,11-14H2,1-4H3,(H2,21,23,24). The molecule has 2 atom stereocenters. The number of benzene rings is 1. The van der Waals surface area contributed by atoms with Gasteiger partial charge in [0.15, 0.2) is 5.96 Å². The van der Waals surface area contributed by atoms with Crippen molar-refractivity contribution >= 4 is 17.3 Å². The molecule has 3 N–H and O–H groups in total. The van der Waals surface area contributed by atoms with E-state index in [2.05, 4.69) is 41.7 Å². The number of para-hydroxylation sites is 2. The third-order valence-electron chi connectivity index (χ3n) is 4.89. The van der Waals surface area contributed by atoms with Crippen molar-refractivity contribution in [1.82, 2.24) is 10.6 Å². The van der Waals surface area contributed by atoms with Crippen LogP contribution in [0.25, 0.3) is 0 Å². The summed E-state index contributed by atoms with van der Waals surface area (Å²) in [5.41, 5.74) is 0.707. The topological polar surface area (TPSA) is 101 Å². The number of anilines is 1. The van der Waals surface area contributed by atoms with E-state index in [1.165, 1.54) is 6.07 Å². The third kappa shape index (κ3) is 6.37. The summed E-state index contributed by atoms with van der Waals surface area (Å²) in [6.45, 7) is 9.44. The summed E-state index contributed by atoms with van der Waals surface area (Å²) in [6, 6.07) is 6.64. The Bertz CT molecular complexity index is 672. The number of hydrogen-bond donors (Lipinski definition) is 3. The number of nitro benzene ring substituents is 1. The maximum absolute atomic E-state index is 11.1. The zero-order valence-corrected chi connectivity index (χ0v) is 17.3. The van der Waals surface area contributed by atoms with Gasteiger partial charge in [0.1, 0.15) is 5.69 Å². The van der Waals surface area contributed by atoms with E-state index in [1.807, 2.05) is 0 Å². The molecule has 0 spiro atoms. The van der Waals surface area contributed by atoms with E-state index in [-0.39, 0.29) is 22.1 Å². The monoisotopic (exact) mass is 391 g/mol.